The molecule has 146 valence electrons. The van der Waals surface area contributed by atoms with Gasteiger partial charge in [-0.15, -0.1) is 0 Å². The number of pyridine rings is 1. The fraction of sp³-hybridized carbons (Fsp3) is 0.300. The summed E-state index contributed by atoms with van der Waals surface area (Å²) in [7, 11) is 0. The number of hydrogen-bond donors (Lipinski definition) is 0. The van der Waals surface area contributed by atoms with Crippen molar-refractivity contribution in [2.75, 3.05) is 11.5 Å². The summed E-state index contributed by atoms with van der Waals surface area (Å²) in [5, 5.41) is 0.523. The number of ether oxygens (including phenoxy) is 2. The second-order valence-corrected chi connectivity index (χ2v) is 7.17. The van der Waals surface area contributed by atoms with E-state index in [1.54, 1.807) is 42.6 Å². The summed E-state index contributed by atoms with van der Waals surface area (Å²) in [6.45, 7) is 3.88. The van der Waals surface area contributed by atoms with Crippen molar-refractivity contribution >= 4 is 35.3 Å². The Balaban J connectivity index is 1.81. The van der Waals surface area contributed by atoms with Crippen molar-refractivity contribution in [3.63, 3.8) is 0 Å². The fourth-order valence-electron chi connectivity index (χ4n) is 2.90. The van der Waals surface area contributed by atoms with Gasteiger partial charge < -0.3 is 9.47 Å². The quantitative estimate of drug-likeness (QED) is 0.551. The number of halogens is 1. The molecule has 28 heavy (non-hydrogen) atoms. The molecule has 8 heteroatoms. The van der Waals surface area contributed by atoms with Crippen LogP contribution in [0.25, 0.3) is 0 Å². The highest BCUT2D eigenvalue weighted by molar-refractivity contribution is 6.30. The van der Waals surface area contributed by atoms with Crippen LogP contribution in [0.3, 0.4) is 0 Å². The van der Waals surface area contributed by atoms with Crippen molar-refractivity contribution in [2.45, 2.75) is 26.3 Å². The first-order valence-corrected chi connectivity index (χ1v) is 9.16. The third-order valence-electron chi connectivity index (χ3n) is 4.11. The smallest absolute Gasteiger partial charge is 0.434 e. The number of esters is 1. The molecule has 1 aromatic carbocycles. The van der Waals surface area contributed by atoms with Gasteiger partial charge in [0.25, 0.3) is 5.91 Å². The van der Waals surface area contributed by atoms with Gasteiger partial charge in [0.15, 0.2) is 0 Å². The van der Waals surface area contributed by atoms with Crippen LogP contribution in [0.2, 0.25) is 5.02 Å². The molecule has 0 radical (unpaired) electrons. The zero-order valence-electron chi connectivity index (χ0n) is 15.4. The molecule has 2 heterocycles. The van der Waals surface area contributed by atoms with E-state index in [4.69, 9.17) is 21.1 Å². The molecule has 0 fully saturated rings. The van der Waals surface area contributed by atoms with Crippen LogP contribution < -0.4 is 4.90 Å². The van der Waals surface area contributed by atoms with Crippen LogP contribution >= 0.6 is 11.6 Å². The molecule has 7 nitrogen and oxygen atoms in total. The van der Waals surface area contributed by atoms with Crippen molar-refractivity contribution in [2.24, 2.45) is 5.92 Å². The van der Waals surface area contributed by atoms with Gasteiger partial charge in [-0.1, -0.05) is 25.4 Å². The molecule has 2 aromatic rings. The number of nitrogens with zero attached hydrogens (tertiary/aromatic N) is 2. The third-order valence-corrected chi connectivity index (χ3v) is 4.36. The van der Waals surface area contributed by atoms with Gasteiger partial charge in [-0.05, 0) is 42.3 Å². The van der Waals surface area contributed by atoms with Gasteiger partial charge in [-0.3, -0.25) is 19.5 Å². The number of carbonyl (C=O) groups is 3. The van der Waals surface area contributed by atoms with Crippen molar-refractivity contribution < 1.29 is 23.9 Å². The van der Waals surface area contributed by atoms with Crippen molar-refractivity contribution in [1.82, 2.24) is 4.98 Å². The maximum Gasteiger partial charge on any atom is 0.516 e. The molecule has 0 aliphatic carbocycles. The molecule has 1 atom stereocenters. The van der Waals surface area contributed by atoms with Gasteiger partial charge >= 0.3 is 12.1 Å². The number of hydrogen-bond acceptors (Lipinski definition) is 6. The summed E-state index contributed by atoms with van der Waals surface area (Å²) in [6.07, 6.45) is 0.254. The van der Waals surface area contributed by atoms with Crippen LogP contribution in [0.5, 0.6) is 0 Å². The van der Waals surface area contributed by atoms with Crippen LogP contribution in [0, 0.1) is 5.92 Å². The molecule has 0 bridgehead atoms. The summed E-state index contributed by atoms with van der Waals surface area (Å²) in [4.78, 5) is 42.5. The van der Waals surface area contributed by atoms with Crippen LogP contribution in [-0.2, 0) is 14.3 Å². The molecule has 1 aliphatic heterocycles. The lowest BCUT2D eigenvalue weighted by atomic mass is 10.1. The first-order valence-electron chi connectivity index (χ1n) is 8.78. The van der Waals surface area contributed by atoms with Gasteiger partial charge in [-0.2, -0.15) is 0 Å². The zero-order valence-corrected chi connectivity index (χ0v) is 16.2. The molecule has 3 rings (SSSR count). The minimum atomic E-state index is -1.05. The highest BCUT2D eigenvalue weighted by Crippen LogP contribution is 2.38. The molecule has 0 N–H and O–H groups in total. The lowest BCUT2D eigenvalue weighted by molar-refractivity contribution is -0.140. The Morgan fingerprint density at radius 2 is 1.93 bits per heavy atom. The lowest BCUT2D eigenvalue weighted by Gasteiger charge is -2.24. The zero-order chi connectivity index (χ0) is 20.3. The number of amides is 1. The molecule has 1 aromatic heterocycles. The second-order valence-electron chi connectivity index (χ2n) is 6.74. The van der Waals surface area contributed by atoms with Crippen LogP contribution in [-0.4, -0.2) is 29.6 Å². The first kappa shape index (κ1) is 19.8. The predicted molar refractivity (Wildman–Crippen MR) is 102 cm³/mol. The Labute approximate surface area is 167 Å². The van der Waals surface area contributed by atoms with Gasteiger partial charge in [-0.25, -0.2) is 4.79 Å². The van der Waals surface area contributed by atoms with Gasteiger partial charge in [0.2, 0.25) is 0 Å². The summed E-state index contributed by atoms with van der Waals surface area (Å²) in [5.41, 5.74) is 1.42. The summed E-state index contributed by atoms with van der Waals surface area (Å²) in [6, 6.07) is 9.27. The Morgan fingerprint density at radius 1 is 1.21 bits per heavy atom. The van der Waals surface area contributed by atoms with E-state index in [-0.39, 0.29) is 24.9 Å². The Morgan fingerprint density at radius 3 is 2.61 bits per heavy atom. The normalized spacial score (nSPS) is 15.5. The number of fused-ring (bicyclic) bond motifs is 1. The Bertz CT molecular complexity index is 898. The van der Waals surface area contributed by atoms with Crippen LogP contribution in [0.15, 0.2) is 42.6 Å². The van der Waals surface area contributed by atoms with E-state index in [2.05, 4.69) is 4.98 Å². The van der Waals surface area contributed by atoms with E-state index >= 15 is 0 Å². The van der Waals surface area contributed by atoms with Crippen molar-refractivity contribution in [3.8, 4) is 0 Å². The largest absolute Gasteiger partial charge is 0.516 e. The average molecular weight is 403 g/mol. The molecular formula is C20H19ClN2O5. The summed E-state index contributed by atoms with van der Waals surface area (Å²) in [5.74, 6) is -0.971. The predicted octanol–water partition coefficient (Wildman–Crippen LogP) is 4.16. The molecule has 0 saturated heterocycles. The Hall–Kier alpha value is -2.93. The second kappa shape index (κ2) is 8.39. The van der Waals surface area contributed by atoms with Crippen molar-refractivity contribution in [1.29, 1.82) is 0 Å². The van der Waals surface area contributed by atoms with E-state index in [1.165, 1.54) is 4.90 Å². The van der Waals surface area contributed by atoms with Gasteiger partial charge in [0.05, 0.1) is 30.3 Å². The Kier molecular flexibility index (Phi) is 5.94. The van der Waals surface area contributed by atoms with Gasteiger partial charge in [0.1, 0.15) is 0 Å². The molecule has 0 saturated carbocycles. The maximum atomic E-state index is 12.9. The lowest BCUT2D eigenvalue weighted by Crippen LogP contribution is -2.30. The molecule has 0 spiro atoms. The highest BCUT2D eigenvalue weighted by Gasteiger charge is 2.40. The fourth-order valence-corrected chi connectivity index (χ4v) is 3.03. The standard InChI is InChI=1S/C20H19ClN2O5/c1-12(2)11-27-20(26)28-17(24)10-16-18-15(4-3-9-22-18)19(25)23(16)14-7-5-13(21)6-8-14/h3-9,12,16H,10-11H2,1-2H3. The van der Waals surface area contributed by atoms with E-state index in [1.807, 2.05) is 13.8 Å². The van der Waals surface area contributed by atoms with E-state index < -0.39 is 18.2 Å². The van der Waals surface area contributed by atoms with Crippen LogP contribution in [0.4, 0.5) is 10.5 Å². The minimum absolute atomic E-state index is 0.117. The minimum Gasteiger partial charge on any atom is -0.434 e. The number of aromatic nitrogens is 1. The average Bonchev–Trinajstić information content (AvgIpc) is 2.93. The van der Waals surface area contributed by atoms with Crippen molar-refractivity contribution in [3.05, 3.63) is 58.9 Å². The monoisotopic (exact) mass is 402 g/mol. The third kappa shape index (κ3) is 4.31. The number of benzene rings is 1. The highest BCUT2D eigenvalue weighted by atomic mass is 35.5. The summed E-state index contributed by atoms with van der Waals surface area (Å²) >= 11 is 5.93. The molecule has 1 aliphatic rings. The molecular weight excluding hydrogens is 384 g/mol. The van der Waals surface area contributed by atoms with Gasteiger partial charge in [0, 0.05) is 16.9 Å². The molecule has 1 unspecified atom stereocenters. The number of carbonyl (C=O) groups excluding carboxylic acids is 3. The molecule has 1 amide bonds. The topological polar surface area (TPSA) is 85.8 Å². The van der Waals surface area contributed by atoms with E-state index in [0.29, 0.717) is 22.0 Å². The number of rotatable bonds is 5. The number of anilines is 1. The van der Waals surface area contributed by atoms with E-state index in [9.17, 15) is 14.4 Å². The maximum absolute atomic E-state index is 12.9. The first-order chi connectivity index (χ1) is 13.4. The van der Waals surface area contributed by atoms with Crippen LogP contribution in [0.1, 0.15) is 42.4 Å². The summed E-state index contributed by atoms with van der Waals surface area (Å²) < 4.78 is 9.59. The SMILES string of the molecule is CC(C)COC(=O)OC(=O)CC1c2ncccc2C(=O)N1c1ccc(Cl)cc1. The van der Waals surface area contributed by atoms with E-state index in [0.717, 1.165) is 0 Å².